The van der Waals surface area contributed by atoms with E-state index >= 15 is 0 Å². The van der Waals surface area contributed by atoms with E-state index in [4.69, 9.17) is 0 Å². The van der Waals surface area contributed by atoms with Gasteiger partial charge in [0, 0.05) is 39.5 Å². The molecule has 0 bridgehead atoms. The number of hydrogen-bond donors (Lipinski definition) is 3. The summed E-state index contributed by atoms with van der Waals surface area (Å²) in [6.07, 6.45) is 5.64. The Bertz CT molecular complexity index is 757. The first kappa shape index (κ1) is 17.9. The SMILES string of the molecule is O=C1C2CCCNC2C2(c3ccccc3SC3CCNCC32)C2NCCCC12. The number of benzene rings is 1. The number of nitrogens with one attached hydrogen (secondary N) is 3. The average molecular weight is 398 g/mol. The number of hydrogen-bond acceptors (Lipinski definition) is 5. The summed E-state index contributed by atoms with van der Waals surface area (Å²) in [6.45, 7) is 4.30. The largest absolute Gasteiger partial charge is 0.316 e. The molecule has 4 nitrogen and oxygen atoms in total. The van der Waals surface area contributed by atoms with Gasteiger partial charge in [-0.05, 0) is 75.8 Å². The number of rotatable bonds is 0. The number of ketones is 1. The van der Waals surface area contributed by atoms with Crippen molar-refractivity contribution in [3.05, 3.63) is 29.8 Å². The Morgan fingerprint density at radius 3 is 2.39 bits per heavy atom. The van der Waals surface area contributed by atoms with Crippen LogP contribution in [-0.4, -0.2) is 49.3 Å². The van der Waals surface area contributed by atoms with Crippen LogP contribution in [0.1, 0.15) is 37.7 Å². The molecular formula is C23H31N3OS. The van der Waals surface area contributed by atoms with Gasteiger partial charge in [-0.15, -0.1) is 11.8 Å². The predicted molar refractivity (Wildman–Crippen MR) is 113 cm³/mol. The first-order valence-electron chi connectivity index (χ1n) is 11.3. The predicted octanol–water partition coefficient (Wildman–Crippen LogP) is 2.33. The van der Waals surface area contributed by atoms with Crippen molar-refractivity contribution in [2.75, 3.05) is 26.2 Å². The molecule has 6 rings (SSSR count). The Balaban J connectivity index is 1.60. The van der Waals surface area contributed by atoms with Crippen molar-refractivity contribution in [2.45, 2.75) is 59.7 Å². The molecule has 1 aromatic rings. The summed E-state index contributed by atoms with van der Waals surface area (Å²) in [5.74, 6) is 1.50. The first-order valence-corrected chi connectivity index (χ1v) is 12.2. The van der Waals surface area contributed by atoms with Crippen molar-refractivity contribution >= 4 is 17.5 Å². The van der Waals surface area contributed by atoms with Gasteiger partial charge >= 0.3 is 0 Å². The molecule has 1 aromatic carbocycles. The second kappa shape index (κ2) is 6.83. The molecule has 150 valence electrons. The van der Waals surface area contributed by atoms with Crippen LogP contribution in [0, 0.1) is 17.8 Å². The van der Waals surface area contributed by atoms with Gasteiger partial charge in [0.05, 0.1) is 0 Å². The fourth-order valence-corrected chi connectivity index (χ4v) is 8.98. The third-order valence-electron chi connectivity index (χ3n) is 8.34. The second-order valence-corrected chi connectivity index (χ2v) is 10.7. The highest BCUT2D eigenvalue weighted by atomic mass is 32.2. The van der Waals surface area contributed by atoms with E-state index in [1.807, 2.05) is 0 Å². The standard InChI is InChI=1S/C23H31N3OS/c27-20-14-5-3-10-25-21(14)23(22-15(20)6-4-11-26-22)16-7-1-2-8-18(16)28-19-9-12-24-13-17(19)23/h1-2,7-8,14-15,17,19,21-22,24-26H,3-6,9-13H2. The zero-order chi connectivity index (χ0) is 18.7. The Kier molecular flexibility index (Phi) is 4.38. The van der Waals surface area contributed by atoms with Gasteiger partial charge in [0.2, 0.25) is 0 Å². The average Bonchev–Trinajstić information content (AvgIpc) is 2.77. The Morgan fingerprint density at radius 1 is 0.929 bits per heavy atom. The highest BCUT2D eigenvalue weighted by Gasteiger charge is 2.66. The van der Waals surface area contributed by atoms with E-state index in [9.17, 15) is 4.79 Å². The molecule has 0 aromatic heterocycles. The van der Waals surface area contributed by atoms with Gasteiger partial charge in [0.25, 0.3) is 0 Å². The third-order valence-corrected chi connectivity index (χ3v) is 9.82. The summed E-state index contributed by atoms with van der Waals surface area (Å²) >= 11 is 2.11. The molecule has 1 aliphatic carbocycles. The van der Waals surface area contributed by atoms with Crippen LogP contribution >= 0.6 is 11.8 Å². The lowest BCUT2D eigenvalue weighted by Gasteiger charge is -2.64. The van der Waals surface area contributed by atoms with E-state index in [1.54, 1.807) is 0 Å². The Hall–Kier alpha value is -0.880. The van der Waals surface area contributed by atoms with Crippen LogP contribution < -0.4 is 16.0 Å². The van der Waals surface area contributed by atoms with E-state index in [0.29, 0.717) is 17.0 Å². The first-order chi connectivity index (χ1) is 13.8. The number of Topliss-reactive ketones (excluding diaryl/α,β-unsaturated/α-hetero) is 1. The monoisotopic (exact) mass is 397 g/mol. The van der Waals surface area contributed by atoms with Crippen LogP contribution in [0.2, 0.25) is 0 Å². The lowest BCUT2D eigenvalue weighted by molar-refractivity contribution is -0.140. The lowest BCUT2D eigenvalue weighted by atomic mass is 9.48. The Labute approximate surface area is 172 Å². The smallest absolute Gasteiger partial charge is 0.142 e. The van der Waals surface area contributed by atoms with Gasteiger partial charge in [0.15, 0.2) is 0 Å². The van der Waals surface area contributed by atoms with Crippen LogP contribution in [0.4, 0.5) is 0 Å². The molecule has 1 spiro atoms. The van der Waals surface area contributed by atoms with Crippen molar-refractivity contribution in [3.63, 3.8) is 0 Å². The molecule has 5 heteroatoms. The summed E-state index contributed by atoms with van der Waals surface area (Å²) in [7, 11) is 0. The highest BCUT2D eigenvalue weighted by Crippen LogP contribution is 2.59. The molecule has 4 heterocycles. The summed E-state index contributed by atoms with van der Waals surface area (Å²) in [6, 6.07) is 9.71. The van der Waals surface area contributed by atoms with E-state index in [-0.39, 0.29) is 29.3 Å². The van der Waals surface area contributed by atoms with Crippen molar-refractivity contribution in [1.29, 1.82) is 0 Å². The molecule has 5 aliphatic rings. The van der Waals surface area contributed by atoms with Gasteiger partial charge in [-0.1, -0.05) is 18.2 Å². The molecule has 6 unspecified atom stereocenters. The zero-order valence-corrected chi connectivity index (χ0v) is 17.3. The minimum absolute atomic E-state index is 0.0179. The molecule has 3 saturated heterocycles. The molecule has 3 N–H and O–H groups in total. The van der Waals surface area contributed by atoms with Gasteiger partial charge < -0.3 is 16.0 Å². The Morgan fingerprint density at radius 2 is 1.64 bits per heavy atom. The van der Waals surface area contributed by atoms with Crippen LogP contribution in [-0.2, 0) is 10.2 Å². The fourth-order valence-electron chi connectivity index (χ4n) is 7.40. The summed E-state index contributed by atoms with van der Waals surface area (Å²) in [4.78, 5) is 15.1. The normalized spacial score (nSPS) is 44.9. The van der Waals surface area contributed by atoms with E-state index in [2.05, 4.69) is 52.0 Å². The van der Waals surface area contributed by atoms with Crippen LogP contribution in [0.15, 0.2) is 29.2 Å². The molecule has 28 heavy (non-hydrogen) atoms. The van der Waals surface area contributed by atoms with E-state index < -0.39 is 0 Å². The molecule has 4 aliphatic heterocycles. The van der Waals surface area contributed by atoms with Gasteiger partial charge in [-0.3, -0.25) is 4.79 Å². The van der Waals surface area contributed by atoms with Gasteiger partial charge in [-0.2, -0.15) is 0 Å². The number of carbonyl (C=O) groups is 1. The van der Waals surface area contributed by atoms with Crippen molar-refractivity contribution < 1.29 is 4.79 Å². The summed E-state index contributed by atoms with van der Waals surface area (Å²) in [5, 5.41) is 12.2. The van der Waals surface area contributed by atoms with Gasteiger partial charge in [0.1, 0.15) is 5.78 Å². The third kappa shape index (κ3) is 2.33. The molecule has 6 atom stereocenters. The van der Waals surface area contributed by atoms with E-state index in [0.717, 1.165) is 51.9 Å². The highest BCUT2D eigenvalue weighted by molar-refractivity contribution is 8.00. The second-order valence-electron chi connectivity index (χ2n) is 9.45. The molecule has 0 amide bonds. The molecule has 1 saturated carbocycles. The van der Waals surface area contributed by atoms with Crippen LogP contribution in [0.3, 0.4) is 0 Å². The number of thioether (sulfide) groups is 1. The minimum Gasteiger partial charge on any atom is -0.316 e. The van der Waals surface area contributed by atoms with Crippen LogP contribution in [0.25, 0.3) is 0 Å². The number of piperidine rings is 3. The molecular weight excluding hydrogens is 366 g/mol. The van der Waals surface area contributed by atoms with Crippen molar-refractivity contribution in [2.24, 2.45) is 17.8 Å². The number of carbonyl (C=O) groups excluding carboxylic acids is 1. The van der Waals surface area contributed by atoms with Gasteiger partial charge in [-0.25, -0.2) is 0 Å². The zero-order valence-electron chi connectivity index (χ0n) is 16.5. The summed E-state index contributed by atoms with van der Waals surface area (Å²) in [5.41, 5.74) is 1.54. The lowest BCUT2D eigenvalue weighted by Crippen LogP contribution is -2.77. The maximum Gasteiger partial charge on any atom is 0.142 e. The topological polar surface area (TPSA) is 53.2 Å². The minimum atomic E-state index is 0.0179. The number of fused-ring (bicyclic) bond motifs is 8. The maximum absolute atomic E-state index is 13.6. The maximum atomic E-state index is 13.6. The molecule has 4 fully saturated rings. The van der Waals surface area contributed by atoms with E-state index in [1.165, 1.54) is 16.9 Å². The van der Waals surface area contributed by atoms with Crippen molar-refractivity contribution in [3.8, 4) is 0 Å². The van der Waals surface area contributed by atoms with Crippen LogP contribution in [0.5, 0.6) is 0 Å². The molecule has 0 radical (unpaired) electrons. The fraction of sp³-hybridized carbons (Fsp3) is 0.696. The quantitative estimate of drug-likeness (QED) is 0.627. The summed E-state index contributed by atoms with van der Waals surface area (Å²) < 4.78 is 0. The van der Waals surface area contributed by atoms with Crippen molar-refractivity contribution in [1.82, 2.24) is 16.0 Å².